The van der Waals surface area contributed by atoms with Crippen molar-refractivity contribution in [3.63, 3.8) is 0 Å². The molecule has 0 unspecified atom stereocenters. The lowest BCUT2D eigenvalue weighted by Gasteiger charge is -2.10. The maximum Gasteiger partial charge on any atom is 0.294 e. The van der Waals surface area contributed by atoms with Crippen LogP contribution in [0, 0.1) is 0 Å². The number of fused-ring (bicyclic) bond motifs is 1. The molecule has 25 heavy (non-hydrogen) atoms. The second-order valence-corrected chi connectivity index (χ2v) is 6.82. The summed E-state index contributed by atoms with van der Waals surface area (Å²) in [4.78, 5) is 11.9. The van der Waals surface area contributed by atoms with Gasteiger partial charge in [0, 0.05) is 16.6 Å². The zero-order chi connectivity index (χ0) is 18.2. The number of hydrogen-bond acceptors (Lipinski definition) is 5. The van der Waals surface area contributed by atoms with Gasteiger partial charge in [0.15, 0.2) is 0 Å². The Morgan fingerprint density at radius 2 is 1.68 bits per heavy atom. The Morgan fingerprint density at radius 3 is 2.32 bits per heavy atom. The molecule has 0 radical (unpaired) electrons. The number of nitrogen functional groups attached to an aromatic ring is 1. The number of benzene rings is 3. The Bertz CT molecular complexity index is 1080. The summed E-state index contributed by atoms with van der Waals surface area (Å²) in [6, 6.07) is 13.0. The van der Waals surface area contributed by atoms with E-state index in [1.54, 1.807) is 24.3 Å². The van der Waals surface area contributed by atoms with Gasteiger partial charge in [-0.1, -0.05) is 6.07 Å². The van der Waals surface area contributed by atoms with Crippen molar-refractivity contribution in [2.75, 3.05) is 11.1 Å². The standard InChI is InChI=1S/C17H14N2O5S/c18-12-4-1-10(2-5-12)17(21)19-15-8-3-11-9-13(25(22,23)24)6-7-14(11)16(15)20/h1-9,20H,18H2,(H,19,21)(H,22,23,24). The minimum Gasteiger partial charge on any atom is -0.505 e. The largest absolute Gasteiger partial charge is 0.505 e. The highest BCUT2D eigenvalue weighted by atomic mass is 32.2. The number of rotatable bonds is 3. The number of aromatic hydroxyl groups is 1. The van der Waals surface area contributed by atoms with E-state index in [2.05, 4.69) is 5.32 Å². The van der Waals surface area contributed by atoms with Crippen molar-refractivity contribution in [2.24, 2.45) is 0 Å². The van der Waals surface area contributed by atoms with Gasteiger partial charge in [-0.3, -0.25) is 9.35 Å². The molecular formula is C17H14N2O5S. The van der Waals surface area contributed by atoms with E-state index in [4.69, 9.17) is 10.3 Å². The molecule has 0 aliphatic heterocycles. The second kappa shape index (κ2) is 6.08. The smallest absolute Gasteiger partial charge is 0.294 e. The molecule has 0 spiro atoms. The average Bonchev–Trinajstić information content (AvgIpc) is 2.57. The molecule has 0 aliphatic carbocycles. The van der Waals surface area contributed by atoms with Crippen molar-refractivity contribution in [2.45, 2.75) is 4.90 Å². The van der Waals surface area contributed by atoms with Gasteiger partial charge in [0.05, 0.1) is 10.6 Å². The first-order valence-corrected chi connectivity index (χ1v) is 8.60. The molecule has 128 valence electrons. The first-order valence-electron chi connectivity index (χ1n) is 7.16. The first kappa shape index (κ1) is 16.7. The average molecular weight is 358 g/mol. The van der Waals surface area contributed by atoms with Crippen LogP contribution >= 0.6 is 0 Å². The maximum atomic E-state index is 12.2. The zero-order valence-corrected chi connectivity index (χ0v) is 13.6. The predicted octanol–water partition coefficient (Wildman–Crippen LogP) is 2.63. The van der Waals surface area contributed by atoms with E-state index in [9.17, 15) is 18.3 Å². The molecule has 3 aromatic rings. The summed E-state index contributed by atoms with van der Waals surface area (Å²) in [6.07, 6.45) is 0. The van der Waals surface area contributed by atoms with Crippen molar-refractivity contribution in [3.05, 3.63) is 60.2 Å². The maximum absolute atomic E-state index is 12.2. The number of carbonyl (C=O) groups is 1. The number of carbonyl (C=O) groups excluding carboxylic acids is 1. The second-order valence-electron chi connectivity index (χ2n) is 5.40. The topological polar surface area (TPSA) is 130 Å². The summed E-state index contributed by atoms with van der Waals surface area (Å²) in [5.41, 5.74) is 6.65. The van der Waals surface area contributed by atoms with Gasteiger partial charge in [-0.05, 0) is 53.9 Å². The van der Waals surface area contributed by atoms with Crippen LogP contribution in [0.1, 0.15) is 10.4 Å². The van der Waals surface area contributed by atoms with Crippen molar-refractivity contribution in [1.29, 1.82) is 0 Å². The van der Waals surface area contributed by atoms with Gasteiger partial charge >= 0.3 is 0 Å². The monoisotopic (exact) mass is 358 g/mol. The van der Waals surface area contributed by atoms with Crippen LogP contribution in [0.25, 0.3) is 10.8 Å². The molecule has 0 saturated heterocycles. The van der Waals surface area contributed by atoms with Crippen LogP contribution in [0.5, 0.6) is 5.75 Å². The van der Waals surface area contributed by atoms with Crippen LogP contribution in [-0.2, 0) is 10.1 Å². The third-order valence-corrected chi connectivity index (χ3v) is 4.53. The Balaban J connectivity index is 1.96. The lowest BCUT2D eigenvalue weighted by atomic mass is 10.1. The summed E-state index contributed by atoms with van der Waals surface area (Å²) >= 11 is 0. The minimum absolute atomic E-state index is 0.175. The van der Waals surface area contributed by atoms with Gasteiger partial charge < -0.3 is 16.2 Å². The number of nitrogens with one attached hydrogen (secondary N) is 1. The summed E-state index contributed by atoms with van der Waals surface area (Å²) in [6.45, 7) is 0. The molecule has 0 fully saturated rings. The van der Waals surface area contributed by atoms with Crippen molar-refractivity contribution < 1.29 is 22.9 Å². The van der Waals surface area contributed by atoms with Crippen LogP contribution in [0.4, 0.5) is 11.4 Å². The molecule has 0 bridgehead atoms. The zero-order valence-electron chi connectivity index (χ0n) is 12.8. The number of anilines is 2. The van der Waals surface area contributed by atoms with Gasteiger partial charge in [-0.2, -0.15) is 8.42 Å². The highest BCUT2D eigenvalue weighted by Gasteiger charge is 2.14. The van der Waals surface area contributed by atoms with Crippen LogP contribution in [0.15, 0.2) is 59.5 Å². The van der Waals surface area contributed by atoms with Gasteiger partial charge in [-0.15, -0.1) is 0 Å². The van der Waals surface area contributed by atoms with Crippen LogP contribution in [0.2, 0.25) is 0 Å². The lowest BCUT2D eigenvalue weighted by Crippen LogP contribution is -2.12. The summed E-state index contributed by atoms with van der Waals surface area (Å²) in [5, 5.41) is 13.7. The van der Waals surface area contributed by atoms with Crippen molar-refractivity contribution in [3.8, 4) is 5.75 Å². The van der Waals surface area contributed by atoms with E-state index in [-0.39, 0.29) is 16.3 Å². The number of nitrogens with two attached hydrogens (primary N) is 1. The fourth-order valence-electron chi connectivity index (χ4n) is 2.38. The summed E-state index contributed by atoms with van der Waals surface area (Å²) in [5.74, 6) is -0.632. The van der Waals surface area contributed by atoms with E-state index < -0.39 is 16.0 Å². The van der Waals surface area contributed by atoms with Gasteiger partial charge in [0.25, 0.3) is 16.0 Å². The van der Waals surface area contributed by atoms with Crippen LogP contribution < -0.4 is 11.1 Å². The number of amides is 1. The number of phenols is 1. The SMILES string of the molecule is Nc1ccc(C(=O)Nc2ccc3cc(S(=O)(=O)O)ccc3c2O)cc1. The van der Waals surface area contributed by atoms with Gasteiger partial charge in [-0.25, -0.2) is 0 Å². The highest BCUT2D eigenvalue weighted by Crippen LogP contribution is 2.34. The molecule has 5 N–H and O–H groups in total. The van der Waals surface area contributed by atoms with E-state index in [0.717, 1.165) is 0 Å². The van der Waals surface area contributed by atoms with Crippen LogP contribution in [-0.4, -0.2) is 24.0 Å². The fourth-order valence-corrected chi connectivity index (χ4v) is 2.90. The first-order chi connectivity index (χ1) is 11.8. The quantitative estimate of drug-likeness (QED) is 0.323. The third kappa shape index (κ3) is 3.39. The molecule has 0 atom stereocenters. The molecule has 7 nitrogen and oxygen atoms in total. The van der Waals surface area contributed by atoms with Gasteiger partial charge in [0.1, 0.15) is 5.75 Å². The molecule has 0 heterocycles. The molecule has 8 heteroatoms. The van der Waals surface area contributed by atoms with Crippen molar-refractivity contribution >= 4 is 38.2 Å². The van der Waals surface area contributed by atoms with E-state index in [1.165, 1.54) is 30.3 Å². The summed E-state index contributed by atoms with van der Waals surface area (Å²) < 4.78 is 31.4. The van der Waals surface area contributed by atoms with E-state index in [0.29, 0.717) is 22.0 Å². The Labute approximate surface area is 143 Å². The van der Waals surface area contributed by atoms with Gasteiger partial charge in [0.2, 0.25) is 0 Å². The molecule has 1 amide bonds. The normalized spacial score (nSPS) is 11.4. The number of phenolic OH excluding ortho intramolecular Hbond substituents is 1. The highest BCUT2D eigenvalue weighted by molar-refractivity contribution is 7.85. The molecule has 3 rings (SSSR count). The lowest BCUT2D eigenvalue weighted by molar-refractivity contribution is 0.102. The van der Waals surface area contributed by atoms with E-state index in [1.807, 2.05) is 0 Å². The minimum atomic E-state index is -4.34. The Morgan fingerprint density at radius 1 is 1.00 bits per heavy atom. The molecule has 3 aromatic carbocycles. The molecule has 0 saturated carbocycles. The molecule has 0 aromatic heterocycles. The predicted molar refractivity (Wildman–Crippen MR) is 94.2 cm³/mol. The molecular weight excluding hydrogens is 344 g/mol. The number of hydrogen-bond donors (Lipinski definition) is 4. The van der Waals surface area contributed by atoms with Crippen LogP contribution in [0.3, 0.4) is 0 Å². The molecule has 0 aliphatic rings. The van der Waals surface area contributed by atoms with Crippen molar-refractivity contribution in [1.82, 2.24) is 0 Å². The Kier molecular flexibility index (Phi) is 4.07. The Hall–Kier alpha value is -3.10. The van der Waals surface area contributed by atoms with E-state index >= 15 is 0 Å². The summed E-state index contributed by atoms with van der Waals surface area (Å²) in [7, 11) is -4.34. The third-order valence-electron chi connectivity index (χ3n) is 3.68. The fraction of sp³-hybridized carbons (Fsp3) is 0.